The van der Waals surface area contributed by atoms with Crippen LogP contribution in [0.2, 0.25) is 0 Å². The van der Waals surface area contributed by atoms with E-state index in [4.69, 9.17) is 0 Å². The van der Waals surface area contributed by atoms with E-state index in [-0.39, 0.29) is 22.3 Å². The van der Waals surface area contributed by atoms with Crippen molar-refractivity contribution in [1.29, 1.82) is 0 Å². The fourth-order valence-electron chi connectivity index (χ4n) is 2.34. The first kappa shape index (κ1) is 17.5. The van der Waals surface area contributed by atoms with E-state index < -0.39 is 21.3 Å². The minimum Gasteiger partial charge on any atom is -0.307 e. The lowest BCUT2D eigenvalue weighted by Gasteiger charge is -2.16. The summed E-state index contributed by atoms with van der Waals surface area (Å²) in [5.74, 6) is 0. The van der Waals surface area contributed by atoms with Crippen LogP contribution in [0.3, 0.4) is 0 Å². The van der Waals surface area contributed by atoms with E-state index in [1.54, 1.807) is 6.20 Å². The second-order valence-corrected chi connectivity index (χ2v) is 8.70. The molecule has 0 fully saturated rings. The van der Waals surface area contributed by atoms with Crippen LogP contribution < -0.4 is 11.2 Å². The van der Waals surface area contributed by atoms with Crippen LogP contribution in [0.4, 0.5) is 0 Å². The van der Waals surface area contributed by atoms with Gasteiger partial charge in [0.05, 0.1) is 22.3 Å². The van der Waals surface area contributed by atoms with Gasteiger partial charge in [0.15, 0.2) is 0 Å². The second-order valence-electron chi connectivity index (χ2n) is 5.45. The Labute approximate surface area is 147 Å². The third-order valence-corrected chi connectivity index (χ3v) is 6.65. The lowest BCUT2D eigenvalue weighted by atomic mass is 10.2. The van der Waals surface area contributed by atoms with Gasteiger partial charge in [-0.25, -0.2) is 18.2 Å². The molecule has 1 aromatic carbocycles. The maximum absolute atomic E-state index is 12.8. The molecule has 8 nitrogen and oxygen atoms in total. The van der Waals surface area contributed by atoms with Crippen LogP contribution in [0.25, 0.3) is 10.9 Å². The van der Waals surface area contributed by atoms with E-state index in [0.717, 1.165) is 11.3 Å². The first-order chi connectivity index (χ1) is 11.8. The Morgan fingerprint density at radius 1 is 1.24 bits per heavy atom. The molecule has 0 amide bonds. The normalized spacial score (nSPS) is 12.1. The van der Waals surface area contributed by atoms with Gasteiger partial charge in [-0.15, -0.1) is 11.3 Å². The van der Waals surface area contributed by atoms with E-state index in [9.17, 15) is 18.0 Å². The summed E-state index contributed by atoms with van der Waals surface area (Å²) in [6, 6.07) is 4.03. The molecule has 10 heteroatoms. The molecule has 0 atom stereocenters. The summed E-state index contributed by atoms with van der Waals surface area (Å²) < 4.78 is 26.7. The van der Waals surface area contributed by atoms with Crippen LogP contribution in [0.15, 0.2) is 38.9 Å². The molecule has 3 aromatic rings. The van der Waals surface area contributed by atoms with E-state index in [2.05, 4.69) is 15.0 Å². The van der Waals surface area contributed by atoms with Crippen LogP contribution in [0.1, 0.15) is 16.8 Å². The standard InChI is InChI=1S/C15H16N4O4S2/c1-3-9-7-16-13(24-9)8-19(2)25(22,23)10-4-5-12-11(6-10)14(20)18-15(21)17-12/h4-7H,3,8H2,1-2H3,(H2,17,18,20,21). The van der Waals surface area contributed by atoms with Crippen molar-refractivity contribution in [3.05, 3.63) is 55.1 Å². The van der Waals surface area contributed by atoms with E-state index in [1.807, 2.05) is 6.92 Å². The van der Waals surface area contributed by atoms with Crippen molar-refractivity contribution in [3.63, 3.8) is 0 Å². The average Bonchev–Trinajstić information content (AvgIpc) is 3.02. The molecule has 0 aliphatic heterocycles. The lowest BCUT2D eigenvalue weighted by molar-refractivity contribution is 0.466. The molecular weight excluding hydrogens is 364 g/mol. The number of hydrogen-bond donors (Lipinski definition) is 2. The van der Waals surface area contributed by atoms with Crippen molar-refractivity contribution in [1.82, 2.24) is 19.3 Å². The van der Waals surface area contributed by atoms with Gasteiger partial charge < -0.3 is 4.98 Å². The zero-order valence-corrected chi connectivity index (χ0v) is 15.2. The highest BCUT2D eigenvalue weighted by atomic mass is 32.2. The number of hydrogen-bond acceptors (Lipinski definition) is 6. The molecule has 0 saturated carbocycles. The Balaban J connectivity index is 1.97. The number of sulfonamides is 1. The molecule has 0 radical (unpaired) electrons. The van der Waals surface area contributed by atoms with Crippen molar-refractivity contribution in [3.8, 4) is 0 Å². The number of rotatable bonds is 5. The summed E-state index contributed by atoms with van der Waals surface area (Å²) in [4.78, 5) is 33.0. The van der Waals surface area contributed by atoms with E-state index in [0.29, 0.717) is 5.01 Å². The van der Waals surface area contributed by atoms with Gasteiger partial charge in [0, 0.05) is 18.1 Å². The molecule has 3 rings (SSSR count). The smallest absolute Gasteiger partial charge is 0.307 e. The SMILES string of the molecule is CCc1cnc(CN(C)S(=O)(=O)c2ccc3[nH]c(=O)[nH]c(=O)c3c2)s1. The zero-order chi connectivity index (χ0) is 18.2. The quantitative estimate of drug-likeness (QED) is 0.686. The number of aromatic nitrogens is 3. The van der Waals surface area contributed by atoms with Gasteiger partial charge in [-0.1, -0.05) is 6.92 Å². The minimum atomic E-state index is -3.80. The van der Waals surface area contributed by atoms with Crippen LogP contribution in [0, 0.1) is 0 Å². The number of nitrogens with zero attached hydrogens (tertiary/aromatic N) is 2. The predicted molar refractivity (Wildman–Crippen MR) is 95.3 cm³/mol. The van der Waals surface area contributed by atoms with Crippen molar-refractivity contribution < 1.29 is 8.42 Å². The molecular formula is C15H16N4O4S2. The molecule has 25 heavy (non-hydrogen) atoms. The van der Waals surface area contributed by atoms with Crippen molar-refractivity contribution >= 4 is 32.3 Å². The third-order valence-electron chi connectivity index (χ3n) is 3.73. The Morgan fingerprint density at radius 3 is 2.68 bits per heavy atom. The lowest BCUT2D eigenvalue weighted by Crippen LogP contribution is -2.27. The van der Waals surface area contributed by atoms with Crippen LogP contribution in [-0.2, 0) is 23.0 Å². The Bertz CT molecular complexity index is 1140. The Hall–Kier alpha value is -2.30. The van der Waals surface area contributed by atoms with Gasteiger partial charge >= 0.3 is 5.69 Å². The monoisotopic (exact) mass is 380 g/mol. The van der Waals surface area contributed by atoms with Gasteiger partial charge in [0.2, 0.25) is 10.0 Å². The number of fused-ring (bicyclic) bond motifs is 1. The number of benzene rings is 1. The number of aromatic amines is 2. The minimum absolute atomic E-state index is 0.0210. The average molecular weight is 380 g/mol. The molecule has 0 unspecified atom stereocenters. The van der Waals surface area contributed by atoms with Gasteiger partial charge in [0.25, 0.3) is 5.56 Å². The largest absolute Gasteiger partial charge is 0.326 e. The fourth-order valence-corrected chi connectivity index (χ4v) is 4.50. The summed E-state index contributed by atoms with van der Waals surface area (Å²) in [5.41, 5.74) is -0.991. The highest BCUT2D eigenvalue weighted by Gasteiger charge is 2.22. The summed E-state index contributed by atoms with van der Waals surface area (Å²) in [6.45, 7) is 2.15. The fraction of sp³-hybridized carbons (Fsp3) is 0.267. The Morgan fingerprint density at radius 2 is 2.00 bits per heavy atom. The zero-order valence-electron chi connectivity index (χ0n) is 13.6. The first-order valence-electron chi connectivity index (χ1n) is 7.47. The highest BCUT2D eigenvalue weighted by Crippen LogP contribution is 2.21. The molecule has 0 bridgehead atoms. The number of H-pyrrole nitrogens is 2. The first-order valence-corrected chi connectivity index (χ1v) is 9.73. The molecule has 0 aliphatic rings. The van der Waals surface area contributed by atoms with Gasteiger partial charge in [-0.05, 0) is 24.6 Å². The molecule has 0 aliphatic carbocycles. The topological polar surface area (TPSA) is 116 Å². The third kappa shape index (κ3) is 3.41. The van der Waals surface area contributed by atoms with Gasteiger partial charge in [-0.2, -0.15) is 4.31 Å². The molecule has 0 saturated heterocycles. The molecule has 2 N–H and O–H groups in total. The van der Waals surface area contributed by atoms with Crippen LogP contribution >= 0.6 is 11.3 Å². The van der Waals surface area contributed by atoms with Gasteiger partial charge in [-0.3, -0.25) is 9.78 Å². The molecule has 2 heterocycles. The summed E-state index contributed by atoms with van der Waals surface area (Å²) in [5, 5.41) is 0.808. The van der Waals surface area contributed by atoms with Gasteiger partial charge in [0.1, 0.15) is 5.01 Å². The number of nitrogens with one attached hydrogen (secondary N) is 2. The summed E-state index contributed by atoms with van der Waals surface area (Å²) >= 11 is 1.47. The summed E-state index contributed by atoms with van der Waals surface area (Å²) in [7, 11) is -2.34. The van der Waals surface area contributed by atoms with Crippen molar-refractivity contribution in [2.45, 2.75) is 24.8 Å². The maximum Gasteiger partial charge on any atom is 0.326 e. The van der Waals surface area contributed by atoms with E-state index in [1.165, 1.54) is 40.9 Å². The van der Waals surface area contributed by atoms with Crippen LogP contribution in [0.5, 0.6) is 0 Å². The van der Waals surface area contributed by atoms with E-state index >= 15 is 0 Å². The molecule has 2 aromatic heterocycles. The van der Waals surface area contributed by atoms with Crippen LogP contribution in [-0.4, -0.2) is 34.7 Å². The number of aryl methyl sites for hydroxylation is 1. The molecule has 132 valence electrons. The maximum atomic E-state index is 12.8. The summed E-state index contributed by atoms with van der Waals surface area (Å²) in [6.07, 6.45) is 2.59. The van der Waals surface area contributed by atoms with Crippen molar-refractivity contribution in [2.75, 3.05) is 7.05 Å². The predicted octanol–water partition coefficient (Wildman–Crippen LogP) is 1.06. The Kier molecular flexibility index (Phi) is 4.58. The molecule has 0 spiro atoms. The highest BCUT2D eigenvalue weighted by molar-refractivity contribution is 7.89. The number of thiazole rings is 1. The second kappa shape index (κ2) is 6.54. The van der Waals surface area contributed by atoms with Crippen molar-refractivity contribution in [2.24, 2.45) is 0 Å².